The van der Waals surface area contributed by atoms with Crippen molar-refractivity contribution in [3.8, 4) is 0 Å². The van der Waals surface area contributed by atoms with Crippen LogP contribution in [0.2, 0.25) is 5.15 Å². The topological polar surface area (TPSA) is 59.8 Å². The predicted octanol–water partition coefficient (Wildman–Crippen LogP) is 3.23. The van der Waals surface area contributed by atoms with Gasteiger partial charge in [-0.3, -0.25) is 14.5 Å². The maximum atomic E-state index is 11.9. The molecular weight excluding hydrogens is 312 g/mol. The number of nitrogens with one attached hydrogen (secondary N) is 1. The zero-order chi connectivity index (χ0) is 16.8. The van der Waals surface area contributed by atoms with Gasteiger partial charge in [-0.15, -0.1) is 0 Å². The maximum Gasteiger partial charge on any atom is 0.244 e. The fourth-order valence-corrected chi connectivity index (χ4v) is 2.43. The van der Waals surface area contributed by atoms with Crippen LogP contribution in [0.3, 0.4) is 0 Å². The van der Waals surface area contributed by atoms with Gasteiger partial charge in [-0.25, -0.2) is 0 Å². The smallest absolute Gasteiger partial charge is 0.244 e. The highest BCUT2D eigenvalue weighted by Crippen LogP contribution is 2.22. The minimum Gasteiger partial charge on any atom is -0.347 e. The molecule has 0 unspecified atom stereocenters. The molecule has 0 aliphatic rings. The molecule has 1 amide bonds. The van der Waals surface area contributed by atoms with E-state index >= 15 is 0 Å². The van der Waals surface area contributed by atoms with Crippen molar-refractivity contribution in [2.24, 2.45) is 5.92 Å². The zero-order valence-electron chi connectivity index (χ0n) is 13.6. The second-order valence-corrected chi connectivity index (χ2v) is 6.10. The molecule has 0 atom stereocenters. The van der Waals surface area contributed by atoms with Crippen molar-refractivity contribution in [2.75, 3.05) is 0 Å². The van der Waals surface area contributed by atoms with Gasteiger partial charge < -0.3 is 5.32 Å². The number of amides is 1. The van der Waals surface area contributed by atoms with Crippen molar-refractivity contribution in [2.45, 2.75) is 33.9 Å². The van der Waals surface area contributed by atoms with E-state index in [9.17, 15) is 4.79 Å². The van der Waals surface area contributed by atoms with Crippen LogP contribution >= 0.6 is 11.6 Å². The SMILES string of the molecule is Cc1nn(CC(C)C)c(Cl)c1/C=C/C(=O)NCc1ccccn1. The number of aromatic nitrogens is 3. The number of halogens is 1. The average Bonchev–Trinajstić information content (AvgIpc) is 2.77. The number of rotatable bonds is 6. The predicted molar refractivity (Wildman–Crippen MR) is 91.9 cm³/mol. The molecule has 0 spiro atoms. The molecule has 23 heavy (non-hydrogen) atoms. The Balaban J connectivity index is 1.99. The van der Waals surface area contributed by atoms with Crippen LogP contribution in [0.15, 0.2) is 30.5 Å². The monoisotopic (exact) mass is 332 g/mol. The van der Waals surface area contributed by atoms with Crippen molar-refractivity contribution >= 4 is 23.6 Å². The van der Waals surface area contributed by atoms with Crippen molar-refractivity contribution in [1.82, 2.24) is 20.1 Å². The average molecular weight is 333 g/mol. The Morgan fingerprint density at radius 3 is 2.87 bits per heavy atom. The van der Waals surface area contributed by atoms with Gasteiger partial charge in [-0.05, 0) is 31.1 Å². The molecule has 0 aliphatic carbocycles. The maximum absolute atomic E-state index is 11.9. The molecule has 5 nitrogen and oxygen atoms in total. The van der Waals surface area contributed by atoms with Crippen LogP contribution < -0.4 is 5.32 Å². The fourth-order valence-electron chi connectivity index (χ4n) is 2.12. The van der Waals surface area contributed by atoms with Gasteiger partial charge in [0.25, 0.3) is 0 Å². The van der Waals surface area contributed by atoms with Crippen LogP contribution in [0.5, 0.6) is 0 Å². The Morgan fingerprint density at radius 1 is 1.43 bits per heavy atom. The summed E-state index contributed by atoms with van der Waals surface area (Å²) < 4.78 is 1.77. The van der Waals surface area contributed by atoms with Gasteiger partial charge in [0.2, 0.25) is 5.91 Å². The molecule has 0 bridgehead atoms. The minimum atomic E-state index is -0.192. The van der Waals surface area contributed by atoms with E-state index in [0.29, 0.717) is 17.6 Å². The lowest BCUT2D eigenvalue weighted by molar-refractivity contribution is -0.116. The second-order valence-electron chi connectivity index (χ2n) is 5.74. The molecule has 0 fully saturated rings. The van der Waals surface area contributed by atoms with Crippen LogP contribution in [-0.2, 0) is 17.9 Å². The van der Waals surface area contributed by atoms with E-state index < -0.39 is 0 Å². The molecule has 0 aromatic carbocycles. The standard InChI is InChI=1S/C17H21ClN4O/c1-12(2)11-22-17(18)15(13(3)21-22)7-8-16(23)20-10-14-6-4-5-9-19-14/h4-9,12H,10-11H2,1-3H3,(H,20,23)/b8-7+. The van der Waals surface area contributed by atoms with Gasteiger partial charge in [-0.2, -0.15) is 5.10 Å². The molecule has 0 radical (unpaired) electrons. The van der Waals surface area contributed by atoms with Gasteiger partial charge >= 0.3 is 0 Å². The molecule has 2 heterocycles. The summed E-state index contributed by atoms with van der Waals surface area (Å²) in [5, 5.41) is 7.76. The normalized spacial score (nSPS) is 11.3. The number of pyridine rings is 1. The zero-order valence-corrected chi connectivity index (χ0v) is 14.3. The summed E-state index contributed by atoms with van der Waals surface area (Å²) >= 11 is 6.34. The Morgan fingerprint density at radius 2 is 2.22 bits per heavy atom. The Kier molecular flexibility index (Phi) is 5.93. The van der Waals surface area contributed by atoms with Crippen LogP contribution in [0.1, 0.15) is 30.8 Å². The van der Waals surface area contributed by atoms with Gasteiger partial charge in [0.1, 0.15) is 5.15 Å². The number of hydrogen-bond acceptors (Lipinski definition) is 3. The van der Waals surface area contributed by atoms with Gasteiger partial charge in [0.15, 0.2) is 0 Å². The third kappa shape index (κ3) is 4.93. The van der Waals surface area contributed by atoms with Crippen LogP contribution in [0.4, 0.5) is 0 Å². The van der Waals surface area contributed by atoms with Gasteiger partial charge in [-0.1, -0.05) is 31.5 Å². The summed E-state index contributed by atoms with van der Waals surface area (Å²) in [7, 11) is 0. The molecule has 2 aromatic heterocycles. The summed E-state index contributed by atoms with van der Waals surface area (Å²) in [6, 6.07) is 5.59. The molecule has 1 N–H and O–H groups in total. The van der Waals surface area contributed by atoms with Crippen molar-refractivity contribution < 1.29 is 4.79 Å². The van der Waals surface area contributed by atoms with Crippen molar-refractivity contribution in [3.05, 3.63) is 52.6 Å². The summed E-state index contributed by atoms with van der Waals surface area (Å²) in [6.07, 6.45) is 4.87. The van der Waals surface area contributed by atoms with E-state index in [1.165, 1.54) is 6.08 Å². The third-order valence-corrected chi connectivity index (χ3v) is 3.62. The van der Waals surface area contributed by atoms with E-state index in [2.05, 4.69) is 29.2 Å². The quantitative estimate of drug-likeness (QED) is 0.826. The summed E-state index contributed by atoms with van der Waals surface area (Å²) in [5.41, 5.74) is 2.40. The van der Waals surface area contributed by atoms with Crippen LogP contribution in [0, 0.1) is 12.8 Å². The first-order valence-corrected chi connectivity index (χ1v) is 7.94. The highest BCUT2D eigenvalue weighted by Gasteiger charge is 2.12. The largest absolute Gasteiger partial charge is 0.347 e. The van der Waals surface area contributed by atoms with Gasteiger partial charge in [0, 0.05) is 24.4 Å². The van der Waals surface area contributed by atoms with Crippen LogP contribution in [-0.4, -0.2) is 20.7 Å². The van der Waals surface area contributed by atoms with E-state index in [4.69, 9.17) is 11.6 Å². The lowest BCUT2D eigenvalue weighted by Crippen LogP contribution is -2.20. The van der Waals surface area contributed by atoms with Gasteiger partial charge in [0.05, 0.1) is 17.9 Å². The second kappa shape index (κ2) is 7.92. The lowest BCUT2D eigenvalue weighted by atomic mass is 10.2. The van der Waals surface area contributed by atoms with Crippen molar-refractivity contribution in [1.29, 1.82) is 0 Å². The summed E-state index contributed by atoms with van der Waals surface area (Å²) in [4.78, 5) is 16.1. The number of hydrogen-bond donors (Lipinski definition) is 1. The highest BCUT2D eigenvalue weighted by molar-refractivity contribution is 6.31. The third-order valence-electron chi connectivity index (χ3n) is 3.22. The number of carbonyl (C=O) groups excluding carboxylic acids is 1. The number of aryl methyl sites for hydroxylation is 1. The first-order chi connectivity index (χ1) is 11.0. The highest BCUT2D eigenvalue weighted by atomic mass is 35.5. The number of nitrogens with zero attached hydrogens (tertiary/aromatic N) is 3. The molecule has 122 valence electrons. The Labute approximate surface area is 141 Å². The first-order valence-electron chi connectivity index (χ1n) is 7.56. The fraction of sp³-hybridized carbons (Fsp3) is 0.353. The Bertz CT molecular complexity index is 692. The number of carbonyl (C=O) groups is 1. The van der Waals surface area contributed by atoms with E-state index in [-0.39, 0.29) is 5.91 Å². The molecule has 2 rings (SSSR count). The molecule has 2 aromatic rings. The summed E-state index contributed by atoms with van der Waals surface area (Å²) in [5.74, 6) is 0.257. The van der Waals surface area contributed by atoms with Crippen molar-refractivity contribution in [3.63, 3.8) is 0 Å². The molecule has 0 aliphatic heterocycles. The lowest BCUT2D eigenvalue weighted by Gasteiger charge is -2.05. The molecule has 0 saturated carbocycles. The van der Waals surface area contributed by atoms with E-state index in [1.54, 1.807) is 17.0 Å². The summed E-state index contributed by atoms with van der Waals surface area (Å²) in [6.45, 7) is 7.23. The first kappa shape index (κ1) is 17.2. The molecule has 0 saturated heterocycles. The molecule has 6 heteroatoms. The minimum absolute atomic E-state index is 0.192. The van der Waals surface area contributed by atoms with E-state index in [1.807, 2.05) is 25.1 Å². The molecular formula is C17H21ClN4O. The van der Waals surface area contributed by atoms with E-state index in [0.717, 1.165) is 23.5 Å². The Hall–Kier alpha value is -2.14. The van der Waals surface area contributed by atoms with Crippen LogP contribution in [0.25, 0.3) is 6.08 Å².